The van der Waals surface area contributed by atoms with E-state index in [0.717, 1.165) is 68.9 Å². The minimum atomic E-state index is -0.469. The zero-order chi connectivity index (χ0) is 32.9. The monoisotopic (exact) mass is 653 g/mol. The standard InChI is InChI=1S/C37H44FN7O3/c1-42-14-4-6-27(42)22-48-37-40-35-31(11-10-30(34(35)38)32-18-28(46)17-23-5-2-3-7-29(23)32)36(41-37)44-19-25-8-9-26(20-44)45(25)21-33(47)43-15-12-24(39)13-16-43/h2-3,5,7,10-11,17-18,24-27,46H,4,6,8-9,12-16,19-22,39H2,1H3/t25?,26?,27-/m0/s1. The Morgan fingerprint density at radius 3 is 2.48 bits per heavy atom. The number of hydrogen-bond acceptors (Lipinski definition) is 9. The van der Waals surface area contributed by atoms with Crippen molar-refractivity contribution in [1.82, 2.24) is 24.7 Å². The van der Waals surface area contributed by atoms with Crippen LogP contribution in [0.2, 0.25) is 0 Å². The number of benzene rings is 3. The van der Waals surface area contributed by atoms with E-state index in [-0.39, 0.29) is 47.4 Å². The van der Waals surface area contributed by atoms with E-state index in [1.165, 1.54) is 0 Å². The average molecular weight is 654 g/mol. The Labute approximate surface area is 280 Å². The van der Waals surface area contributed by atoms with Crippen molar-refractivity contribution in [2.24, 2.45) is 5.73 Å². The summed E-state index contributed by atoms with van der Waals surface area (Å²) in [6, 6.07) is 15.6. The predicted octanol–water partition coefficient (Wildman–Crippen LogP) is 4.37. The number of nitrogens with zero attached hydrogens (tertiary/aromatic N) is 6. The largest absolute Gasteiger partial charge is 0.508 e. The third kappa shape index (κ3) is 5.82. The zero-order valence-electron chi connectivity index (χ0n) is 27.5. The molecule has 4 fully saturated rings. The number of piperazine rings is 1. The normalized spacial score (nSPS) is 23.9. The minimum Gasteiger partial charge on any atom is -0.508 e. The molecular weight excluding hydrogens is 609 g/mol. The van der Waals surface area contributed by atoms with Gasteiger partial charge in [-0.2, -0.15) is 9.97 Å². The lowest BCUT2D eigenvalue weighted by Gasteiger charge is -2.42. The number of halogens is 1. The Morgan fingerprint density at radius 1 is 0.958 bits per heavy atom. The molecule has 11 heteroatoms. The molecule has 0 aliphatic carbocycles. The third-order valence-corrected chi connectivity index (χ3v) is 11.1. The summed E-state index contributed by atoms with van der Waals surface area (Å²) in [6.45, 7) is 4.71. The number of anilines is 1. The van der Waals surface area contributed by atoms with Crippen LogP contribution in [-0.2, 0) is 4.79 Å². The van der Waals surface area contributed by atoms with Gasteiger partial charge in [-0.05, 0) is 86.7 Å². The third-order valence-electron chi connectivity index (χ3n) is 11.1. The number of phenolic OH excluding ortho intramolecular Hbond substituents is 1. The molecule has 4 aromatic rings. The van der Waals surface area contributed by atoms with Gasteiger partial charge < -0.3 is 30.3 Å². The maximum Gasteiger partial charge on any atom is 0.319 e. The van der Waals surface area contributed by atoms with Gasteiger partial charge in [0, 0.05) is 61.3 Å². The van der Waals surface area contributed by atoms with Crippen LogP contribution < -0.4 is 15.4 Å². The van der Waals surface area contributed by atoms with Crippen LogP contribution in [0.3, 0.4) is 0 Å². The number of carbonyl (C=O) groups is 1. The number of phenols is 1. The number of ether oxygens (including phenoxy) is 1. The summed E-state index contributed by atoms with van der Waals surface area (Å²) in [5, 5.41) is 12.8. The number of rotatable bonds is 7. The van der Waals surface area contributed by atoms with Crippen LogP contribution in [0.15, 0.2) is 48.5 Å². The molecule has 0 spiro atoms. The Bertz CT molecular complexity index is 1830. The van der Waals surface area contributed by atoms with Gasteiger partial charge in [0.2, 0.25) is 5.91 Å². The van der Waals surface area contributed by atoms with Crippen LogP contribution in [0.5, 0.6) is 11.8 Å². The van der Waals surface area contributed by atoms with Crippen molar-refractivity contribution in [3.8, 4) is 22.9 Å². The molecule has 252 valence electrons. The summed E-state index contributed by atoms with van der Waals surface area (Å²) < 4.78 is 23.0. The number of aromatic hydroxyl groups is 1. The fourth-order valence-electron chi connectivity index (χ4n) is 8.34. The molecule has 4 saturated heterocycles. The van der Waals surface area contributed by atoms with Gasteiger partial charge in [0.25, 0.3) is 0 Å². The molecule has 3 N–H and O–H groups in total. The average Bonchev–Trinajstić information content (AvgIpc) is 3.59. The van der Waals surface area contributed by atoms with Gasteiger partial charge in [-0.25, -0.2) is 4.39 Å². The van der Waals surface area contributed by atoms with Gasteiger partial charge in [0.05, 0.1) is 6.54 Å². The number of aromatic nitrogens is 2. The van der Waals surface area contributed by atoms with Crippen LogP contribution in [-0.4, -0.2) is 113 Å². The lowest BCUT2D eigenvalue weighted by Crippen LogP contribution is -2.57. The molecule has 2 bridgehead atoms. The molecule has 5 heterocycles. The topological polar surface area (TPSA) is 111 Å². The SMILES string of the molecule is CN1CCC[C@H]1COc1nc(N2CC3CCC(C2)N3CC(=O)N2CCC(N)CC2)c2ccc(-c3cc(O)cc4ccccc34)c(F)c2n1. The van der Waals surface area contributed by atoms with Crippen molar-refractivity contribution in [3.05, 3.63) is 54.3 Å². The summed E-state index contributed by atoms with van der Waals surface area (Å²) >= 11 is 0. The van der Waals surface area contributed by atoms with E-state index in [0.29, 0.717) is 48.6 Å². The van der Waals surface area contributed by atoms with E-state index < -0.39 is 5.82 Å². The van der Waals surface area contributed by atoms with E-state index in [2.05, 4.69) is 26.7 Å². The van der Waals surface area contributed by atoms with Gasteiger partial charge in [0.15, 0.2) is 5.82 Å². The first-order valence-electron chi connectivity index (χ1n) is 17.4. The van der Waals surface area contributed by atoms with Gasteiger partial charge in [-0.3, -0.25) is 9.69 Å². The molecule has 10 nitrogen and oxygen atoms in total. The highest BCUT2D eigenvalue weighted by Crippen LogP contribution is 2.40. The Balaban J connectivity index is 1.13. The predicted molar refractivity (Wildman–Crippen MR) is 185 cm³/mol. The number of piperidine rings is 1. The lowest BCUT2D eigenvalue weighted by atomic mass is 9.96. The summed E-state index contributed by atoms with van der Waals surface area (Å²) in [6.07, 6.45) is 5.87. The second-order valence-corrected chi connectivity index (χ2v) is 14.1. The highest BCUT2D eigenvalue weighted by Gasteiger charge is 2.42. The maximum atomic E-state index is 16.8. The number of carbonyl (C=O) groups excluding carboxylic acids is 1. The maximum absolute atomic E-state index is 16.8. The van der Waals surface area contributed by atoms with E-state index >= 15 is 4.39 Å². The molecule has 4 aliphatic heterocycles. The number of nitrogens with two attached hydrogens (primary N) is 1. The molecule has 0 saturated carbocycles. The number of likely N-dealkylation sites (N-methyl/N-ethyl adjacent to an activating group) is 1. The first-order chi connectivity index (χ1) is 23.3. The lowest BCUT2D eigenvalue weighted by molar-refractivity contribution is -0.134. The van der Waals surface area contributed by atoms with Crippen molar-refractivity contribution in [3.63, 3.8) is 0 Å². The summed E-state index contributed by atoms with van der Waals surface area (Å²) in [4.78, 5) is 31.8. The van der Waals surface area contributed by atoms with Crippen molar-refractivity contribution in [1.29, 1.82) is 0 Å². The van der Waals surface area contributed by atoms with Crippen LogP contribution in [0.25, 0.3) is 32.8 Å². The van der Waals surface area contributed by atoms with E-state index in [4.69, 9.17) is 15.5 Å². The zero-order valence-corrected chi connectivity index (χ0v) is 27.5. The fourth-order valence-corrected chi connectivity index (χ4v) is 8.34. The van der Waals surface area contributed by atoms with Crippen LogP contribution >= 0.6 is 0 Å². The summed E-state index contributed by atoms with van der Waals surface area (Å²) in [7, 11) is 2.10. The molecule has 4 aliphatic rings. The molecule has 1 aromatic heterocycles. The molecule has 8 rings (SSSR count). The van der Waals surface area contributed by atoms with E-state index in [1.807, 2.05) is 35.2 Å². The van der Waals surface area contributed by atoms with Crippen molar-refractivity contribution < 1.29 is 19.0 Å². The number of amides is 1. The molecule has 3 atom stereocenters. The quantitative estimate of drug-likeness (QED) is 0.301. The fraction of sp³-hybridized carbons (Fsp3) is 0.486. The Hall–Kier alpha value is -4.06. The molecule has 0 radical (unpaired) electrons. The van der Waals surface area contributed by atoms with Crippen LogP contribution in [0.4, 0.5) is 10.2 Å². The number of fused-ring (bicyclic) bond motifs is 4. The van der Waals surface area contributed by atoms with Crippen LogP contribution in [0, 0.1) is 5.82 Å². The summed E-state index contributed by atoms with van der Waals surface area (Å²) in [5.74, 6) is 0.449. The smallest absolute Gasteiger partial charge is 0.319 e. The molecular formula is C37H44FN7O3. The van der Waals surface area contributed by atoms with Gasteiger partial charge in [-0.1, -0.05) is 30.3 Å². The van der Waals surface area contributed by atoms with Gasteiger partial charge in [0.1, 0.15) is 23.7 Å². The summed E-state index contributed by atoms with van der Waals surface area (Å²) in [5.41, 5.74) is 7.25. The van der Waals surface area contributed by atoms with Crippen molar-refractivity contribution >= 4 is 33.4 Å². The first-order valence-corrected chi connectivity index (χ1v) is 17.4. The van der Waals surface area contributed by atoms with Crippen molar-refractivity contribution in [2.75, 3.05) is 57.8 Å². The molecule has 3 aromatic carbocycles. The molecule has 48 heavy (non-hydrogen) atoms. The van der Waals surface area contributed by atoms with Crippen LogP contribution in [0.1, 0.15) is 38.5 Å². The highest BCUT2D eigenvalue weighted by atomic mass is 19.1. The van der Waals surface area contributed by atoms with Gasteiger partial charge in [-0.15, -0.1) is 0 Å². The van der Waals surface area contributed by atoms with E-state index in [1.54, 1.807) is 18.2 Å². The second kappa shape index (κ2) is 12.8. The Kier molecular flexibility index (Phi) is 8.30. The number of likely N-dealkylation sites (tertiary alicyclic amines) is 2. The molecule has 1 amide bonds. The number of hydrogen-bond donors (Lipinski definition) is 2. The van der Waals surface area contributed by atoms with Gasteiger partial charge >= 0.3 is 6.01 Å². The Morgan fingerprint density at radius 2 is 1.73 bits per heavy atom. The highest BCUT2D eigenvalue weighted by molar-refractivity contribution is 6.01. The first kappa shape index (κ1) is 31.2. The minimum absolute atomic E-state index is 0.0759. The van der Waals surface area contributed by atoms with E-state index in [9.17, 15) is 9.90 Å². The molecule has 2 unspecified atom stereocenters. The second-order valence-electron chi connectivity index (χ2n) is 14.1. The van der Waals surface area contributed by atoms with Crippen molar-refractivity contribution in [2.45, 2.75) is 62.7 Å².